The van der Waals surface area contributed by atoms with Crippen LogP contribution in [0.3, 0.4) is 0 Å². The molecule has 0 bridgehead atoms. The Morgan fingerprint density at radius 3 is 2.90 bits per heavy atom. The third kappa shape index (κ3) is 3.33. The van der Waals surface area contributed by atoms with Crippen LogP contribution in [0.5, 0.6) is 0 Å². The predicted octanol–water partition coefficient (Wildman–Crippen LogP) is 2.63. The number of anilines is 2. The summed E-state index contributed by atoms with van der Waals surface area (Å²) in [7, 11) is 0. The summed E-state index contributed by atoms with van der Waals surface area (Å²) in [5.74, 6) is 0.693. The Balaban J connectivity index is 2.19. The number of nitrogens with zero attached hydrogens (tertiary/aromatic N) is 1. The lowest BCUT2D eigenvalue weighted by atomic mass is 10.00. The fourth-order valence-electron chi connectivity index (χ4n) is 2.43. The highest BCUT2D eigenvalue weighted by Crippen LogP contribution is 2.30. The fraction of sp³-hybridized carbons (Fsp3) is 0.467. The Kier molecular flexibility index (Phi) is 5.06. The first-order valence-corrected chi connectivity index (χ1v) is 7.63. The van der Waals surface area contributed by atoms with Gasteiger partial charge in [-0.2, -0.15) is 12.6 Å². The molecule has 0 atom stereocenters. The lowest BCUT2D eigenvalue weighted by Crippen LogP contribution is -2.35. The molecule has 0 radical (unpaired) electrons. The second kappa shape index (κ2) is 6.79. The quantitative estimate of drug-likeness (QED) is 0.820. The molecule has 1 N–H and O–H groups in total. The third-order valence-corrected chi connectivity index (χ3v) is 3.57. The minimum Gasteiger partial charge on any atom is -0.326 e. The number of nitrogens with one attached hydrogen (secondary N) is 1. The number of benzene rings is 1. The molecule has 0 unspecified atom stereocenters. The second-order valence-corrected chi connectivity index (χ2v) is 5.36. The molecule has 0 aromatic heterocycles. The van der Waals surface area contributed by atoms with E-state index in [0.717, 1.165) is 36.3 Å². The van der Waals surface area contributed by atoms with Crippen molar-refractivity contribution in [2.75, 3.05) is 22.5 Å². The first-order valence-electron chi connectivity index (χ1n) is 6.99. The summed E-state index contributed by atoms with van der Waals surface area (Å²) in [6, 6.07) is 5.76. The average molecular weight is 292 g/mol. The van der Waals surface area contributed by atoms with E-state index in [0.29, 0.717) is 18.6 Å². The zero-order valence-electron chi connectivity index (χ0n) is 11.7. The molecule has 20 heavy (non-hydrogen) atoms. The van der Waals surface area contributed by atoms with Gasteiger partial charge in [0.05, 0.1) is 0 Å². The van der Waals surface area contributed by atoms with Gasteiger partial charge in [-0.1, -0.05) is 6.92 Å². The maximum atomic E-state index is 11.9. The Morgan fingerprint density at radius 2 is 2.20 bits per heavy atom. The Bertz CT molecular complexity index is 517. The minimum absolute atomic E-state index is 0.0303. The smallest absolute Gasteiger partial charge is 0.227 e. The molecule has 0 spiro atoms. The van der Waals surface area contributed by atoms with Crippen LogP contribution in [0.4, 0.5) is 11.4 Å². The van der Waals surface area contributed by atoms with Gasteiger partial charge < -0.3 is 10.2 Å². The molecule has 1 aromatic carbocycles. The van der Waals surface area contributed by atoms with Crippen molar-refractivity contribution in [1.29, 1.82) is 0 Å². The van der Waals surface area contributed by atoms with E-state index >= 15 is 0 Å². The molecule has 1 aromatic rings. The average Bonchev–Trinajstić information content (AvgIpc) is 2.42. The van der Waals surface area contributed by atoms with Crippen molar-refractivity contribution in [1.82, 2.24) is 0 Å². The number of carbonyl (C=O) groups excluding carboxylic acids is 2. The van der Waals surface area contributed by atoms with Gasteiger partial charge in [0.25, 0.3) is 0 Å². The van der Waals surface area contributed by atoms with Gasteiger partial charge in [0, 0.05) is 30.8 Å². The van der Waals surface area contributed by atoms with Crippen molar-refractivity contribution in [3.8, 4) is 0 Å². The maximum Gasteiger partial charge on any atom is 0.227 e. The van der Waals surface area contributed by atoms with Crippen LogP contribution in [0.25, 0.3) is 0 Å². The molecule has 2 rings (SSSR count). The van der Waals surface area contributed by atoms with E-state index < -0.39 is 0 Å². The number of thiol groups is 1. The zero-order valence-corrected chi connectivity index (χ0v) is 12.6. The topological polar surface area (TPSA) is 49.4 Å². The molecule has 0 saturated heterocycles. The van der Waals surface area contributed by atoms with E-state index in [4.69, 9.17) is 0 Å². The Hall–Kier alpha value is -1.49. The van der Waals surface area contributed by atoms with Gasteiger partial charge in [-0.05, 0) is 42.4 Å². The van der Waals surface area contributed by atoms with Crippen molar-refractivity contribution in [3.63, 3.8) is 0 Å². The summed E-state index contributed by atoms with van der Waals surface area (Å²) >= 11 is 4.05. The zero-order chi connectivity index (χ0) is 14.5. The summed E-state index contributed by atoms with van der Waals surface area (Å²) in [6.07, 6.45) is 2.62. The van der Waals surface area contributed by atoms with E-state index in [1.54, 1.807) is 0 Å². The van der Waals surface area contributed by atoms with Crippen molar-refractivity contribution in [3.05, 3.63) is 23.8 Å². The maximum absolute atomic E-state index is 11.9. The van der Waals surface area contributed by atoms with Gasteiger partial charge in [-0.3, -0.25) is 9.59 Å². The van der Waals surface area contributed by atoms with Crippen LogP contribution in [0, 0.1) is 0 Å². The number of hydrogen-bond donors (Lipinski definition) is 2. The van der Waals surface area contributed by atoms with Crippen molar-refractivity contribution >= 4 is 35.8 Å². The fourth-order valence-corrected chi connectivity index (χ4v) is 2.63. The highest BCUT2D eigenvalue weighted by molar-refractivity contribution is 7.80. The molecule has 1 aliphatic rings. The number of aryl methyl sites for hydroxylation is 1. The molecule has 0 fully saturated rings. The van der Waals surface area contributed by atoms with Crippen LogP contribution in [-0.4, -0.2) is 24.1 Å². The molecule has 1 aliphatic heterocycles. The molecule has 108 valence electrons. The largest absolute Gasteiger partial charge is 0.326 e. The number of fused-ring (bicyclic) bond motifs is 1. The van der Waals surface area contributed by atoms with E-state index in [2.05, 4.69) is 24.9 Å². The minimum atomic E-state index is -0.0303. The molecular weight excluding hydrogens is 272 g/mol. The number of carbonyl (C=O) groups is 2. The van der Waals surface area contributed by atoms with Crippen LogP contribution in [0.2, 0.25) is 0 Å². The highest BCUT2D eigenvalue weighted by Gasteiger charge is 2.23. The molecule has 4 nitrogen and oxygen atoms in total. The van der Waals surface area contributed by atoms with Crippen LogP contribution in [-0.2, 0) is 16.0 Å². The van der Waals surface area contributed by atoms with Crippen LogP contribution in [0.15, 0.2) is 18.2 Å². The molecule has 1 heterocycles. The summed E-state index contributed by atoms with van der Waals surface area (Å²) in [5, 5.41) is 2.86. The van der Waals surface area contributed by atoms with Crippen LogP contribution >= 0.6 is 12.6 Å². The second-order valence-electron chi connectivity index (χ2n) is 4.91. The summed E-state index contributed by atoms with van der Waals surface area (Å²) < 4.78 is 0. The normalized spacial score (nSPS) is 14.1. The number of hydrogen-bond acceptors (Lipinski definition) is 3. The van der Waals surface area contributed by atoms with Crippen molar-refractivity contribution in [2.24, 2.45) is 0 Å². The molecule has 0 saturated carbocycles. The molecule has 0 aliphatic carbocycles. The lowest BCUT2D eigenvalue weighted by Gasteiger charge is -2.29. The monoisotopic (exact) mass is 292 g/mol. The number of amides is 2. The van der Waals surface area contributed by atoms with Gasteiger partial charge in [0.1, 0.15) is 0 Å². The lowest BCUT2D eigenvalue weighted by molar-refractivity contribution is -0.119. The van der Waals surface area contributed by atoms with Gasteiger partial charge >= 0.3 is 0 Å². The van der Waals surface area contributed by atoms with Crippen molar-refractivity contribution in [2.45, 2.75) is 32.6 Å². The van der Waals surface area contributed by atoms with Crippen molar-refractivity contribution < 1.29 is 9.59 Å². The van der Waals surface area contributed by atoms with E-state index in [9.17, 15) is 9.59 Å². The first kappa shape index (κ1) is 14.9. The SMILES string of the molecule is CCCN1C(=O)CCc2cc(NC(=O)CCS)ccc21. The Labute approximate surface area is 124 Å². The highest BCUT2D eigenvalue weighted by atomic mass is 32.1. The predicted molar refractivity (Wildman–Crippen MR) is 84.5 cm³/mol. The summed E-state index contributed by atoms with van der Waals surface area (Å²) in [4.78, 5) is 25.4. The summed E-state index contributed by atoms with van der Waals surface area (Å²) in [5.41, 5.74) is 2.90. The molecular formula is C15H20N2O2S. The van der Waals surface area contributed by atoms with E-state index in [-0.39, 0.29) is 11.8 Å². The first-order chi connectivity index (χ1) is 9.65. The number of rotatable bonds is 5. The van der Waals surface area contributed by atoms with Gasteiger partial charge in [0.2, 0.25) is 11.8 Å². The van der Waals surface area contributed by atoms with E-state index in [1.165, 1.54) is 0 Å². The van der Waals surface area contributed by atoms with E-state index in [1.807, 2.05) is 23.1 Å². The van der Waals surface area contributed by atoms with Gasteiger partial charge in [0.15, 0.2) is 0 Å². The Morgan fingerprint density at radius 1 is 1.40 bits per heavy atom. The van der Waals surface area contributed by atoms with Gasteiger partial charge in [-0.15, -0.1) is 0 Å². The van der Waals surface area contributed by atoms with Crippen LogP contribution in [0.1, 0.15) is 31.7 Å². The molecule has 5 heteroatoms. The summed E-state index contributed by atoms with van der Waals surface area (Å²) in [6.45, 7) is 2.81. The van der Waals surface area contributed by atoms with Gasteiger partial charge in [-0.25, -0.2) is 0 Å². The van der Waals surface area contributed by atoms with Crippen LogP contribution < -0.4 is 10.2 Å². The third-order valence-electron chi connectivity index (χ3n) is 3.35. The molecule has 2 amide bonds. The standard InChI is InChI=1S/C15H20N2O2S/c1-2-8-17-13-5-4-12(16-14(18)7-9-20)10-11(13)3-6-15(17)19/h4-5,10,20H,2-3,6-9H2,1H3,(H,16,18).